The van der Waals surface area contributed by atoms with Crippen LogP contribution in [0.3, 0.4) is 0 Å². The lowest BCUT2D eigenvalue weighted by atomic mass is 10.3. The van der Waals surface area contributed by atoms with E-state index < -0.39 is 0 Å². The van der Waals surface area contributed by atoms with Crippen LogP contribution < -0.4 is 4.74 Å². The van der Waals surface area contributed by atoms with Crippen molar-refractivity contribution in [2.75, 3.05) is 0 Å². The largest absolute Gasteiger partial charge is 0.437 e. The van der Waals surface area contributed by atoms with E-state index >= 15 is 0 Å². The molecule has 0 N–H and O–H groups in total. The number of aromatic nitrogens is 1. The average molecular weight is 234 g/mol. The first-order valence-electron chi connectivity index (χ1n) is 4.64. The van der Waals surface area contributed by atoms with Gasteiger partial charge in [-0.05, 0) is 24.3 Å². The Balaban J connectivity index is 2.34. The second kappa shape index (κ2) is 4.77. The maximum absolute atomic E-state index is 10.7. The molecule has 0 saturated carbocycles. The van der Waals surface area contributed by atoms with Crippen LogP contribution in [-0.4, -0.2) is 11.3 Å². The van der Waals surface area contributed by atoms with Crippen molar-refractivity contribution in [3.63, 3.8) is 0 Å². The molecule has 0 atom stereocenters. The molecule has 0 bridgehead atoms. The molecule has 0 aliphatic rings. The molecule has 0 fully saturated rings. The third-order valence-electron chi connectivity index (χ3n) is 1.97. The highest BCUT2D eigenvalue weighted by Crippen LogP contribution is 2.28. The minimum atomic E-state index is 0.255. The Kier molecular flexibility index (Phi) is 3.17. The van der Waals surface area contributed by atoms with Crippen molar-refractivity contribution in [3.05, 3.63) is 53.2 Å². The molecule has 80 valence electrons. The van der Waals surface area contributed by atoms with Gasteiger partial charge in [0.15, 0.2) is 6.29 Å². The molecule has 0 unspecified atom stereocenters. The second-order valence-electron chi connectivity index (χ2n) is 3.05. The third-order valence-corrected chi connectivity index (χ3v) is 2.28. The summed E-state index contributed by atoms with van der Waals surface area (Å²) in [6.45, 7) is 0. The molecule has 0 aliphatic carbocycles. The van der Waals surface area contributed by atoms with Crippen LogP contribution in [0.5, 0.6) is 11.6 Å². The van der Waals surface area contributed by atoms with Gasteiger partial charge >= 0.3 is 0 Å². The second-order valence-corrected chi connectivity index (χ2v) is 3.46. The lowest BCUT2D eigenvalue weighted by molar-refractivity contribution is 0.112. The molecular weight excluding hydrogens is 226 g/mol. The van der Waals surface area contributed by atoms with Crippen LogP contribution in [-0.2, 0) is 0 Å². The minimum absolute atomic E-state index is 0.255. The summed E-state index contributed by atoms with van der Waals surface area (Å²) in [6.07, 6.45) is 2.25. The summed E-state index contributed by atoms with van der Waals surface area (Å²) in [5.74, 6) is 0.733. The average Bonchev–Trinajstić information content (AvgIpc) is 2.33. The number of nitrogens with zero attached hydrogens (tertiary/aromatic N) is 1. The van der Waals surface area contributed by atoms with Gasteiger partial charge < -0.3 is 4.74 Å². The number of ether oxygens (including phenoxy) is 1. The third kappa shape index (κ3) is 2.20. The fourth-order valence-electron chi connectivity index (χ4n) is 1.21. The van der Waals surface area contributed by atoms with Gasteiger partial charge in [0.25, 0.3) is 0 Å². The highest BCUT2D eigenvalue weighted by atomic mass is 35.5. The first-order valence-corrected chi connectivity index (χ1v) is 5.01. The number of aldehydes is 1. The molecule has 1 aromatic heterocycles. The molecule has 0 saturated heterocycles. The van der Waals surface area contributed by atoms with Gasteiger partial charge in [-0.2, -0.15) is 0 Å². The Morgan fingerprint density at radius 3 is 2.75 bits per heavy atom. The molecular formula is C12H8ClNO2. The Morgan fingerprint density at radius 2 is 2.00 bits per heavy atom. The predicted molar refractivity (Wildman–Crippen MR) is 61.2 cm³/mol. The summed E-state index contributed by atoms with van der Waals surface area (Å²) in [7, 11) is 0. The molecule has 0 radical (unpaired) electrons. The summed E-state index contributed by atoms with van der Waals surface area (Å²) >= 11 is 5.93. The highest BCUT2D eigenvalue weighted by Gasteiger charge is 2.06. The molecule has 4 heteroatoms. The number of carbonyl (C=O) groups is 1. The van der Waals surface area contributed by atoms with E-state index in [4.69, 9.17) is 16.3 Å². The standard InChI is InChI=1S/C12H8ClNO2/c13-10-5-1-2-6-11(10)16-12-9(8-15)4-3-7-14-12/h1-8H. The van der Waals surface area contributed by atoms with E-state index in [-0.39, 0.29) is 5.88 Å². The molecule has 2 aromatic rings. The lowest BCUT2D eigenvalue weighted by Gasteiger charge is -2.07. The summed E-state index contributed by atoms with van der Waals surface area (Å²) in [4.78, 5) is 14.7. The van der Waals surface area contributed by atoms with Gasteiger partial charge in [0.1, 0.15) is 5.75 Å². The van der Waals surface area contributed by atoms with Gasteiger partial charge in [-0.3, -0.25) is 4.79 Å². The zero-order chi connectivity index (χ0) is 11.4. The summed E-state index contributed by atoms with van der Waals surface area (Å²) < 4.78 is 5.46. The Hall–Kier alpha value is -1.87. The van der Waals surface area contributed by atoms with Crippen molar-refractivity contribution in [2.24, 2.45) is 0 Å². The normalized spacial score (nSPS) is 9.81. The van der Waals surface area contributed by atoms with E-state index in [1.54, 1.807) is 42.6 Å². The first-order chi connectivity index (χ1) is 7.81. The van der Waals surface area contributed by atoms with Gasteiger partial charge in [-0.15, -0.1) is 0 Å². The zero-order valence-electron chi connectivity index (χ0n) is 8.26. The Labute approximate surface area is 97.7 Å². The maximum Gasteiger partial charge on any atom is 0.229 e. The van der Waals surface area contributed by atoms with Crippen molar-refractivity contribution in [2.45, 2.75) is 0 Å². The number of para-hydroxylation sites is 1. The SMILES string of the molecule is O=Cc1cccnc1Oc1ccccc1Cl. The molecule has 2 rings (SSSR count). The fourth-order valence-corrected chi connectivity index (χ4v) is 1.38. The van der Waals surface area contributed by atoms with Crippen LogP contribution >= 0.6 is 11.6 Å². The molecule has 1 heterocycles. The number of pyridine rings is 1. The van der Waals surface area contributed by atoms with Crippen LogP contribution in [0, 0.1) is 0 Å². The van der Waals surface area contributed by atoms with Crippen molar-refractivity contribution in [1.82, 2.24) is 4.98 Å². The van der Waals surface area contributed by atoms with Gasteiger partial charge in [0.2, 0.25) is 5.88 Å². The van der Waals surface area contributed by atoms with Crippen molar-refractivity contribution in [3.8, 4) is 11.6 Å². The molecule has 3 nitrogen and oxygen atoms in total. The summed E-state index contributed by atoms with van der Waals surface area (Å²) in [5, 5.41) is 0.477. The van der Waals surface area contributed by atoms with E-state index in [9.17, 15) is 4.79 Å². The number of halogens is 1. The zero-order valence-corrected chi connectivity index (χ0v) is 9.02. The monoisotopic (exact) mass is 233 g/mol. The van der Waals surface area contributed by atoms with Crippen molar-refractivity contribution >= 4 is 17.9 Å². The lowest BCUT2D eigenvalue weighted by Crippen LogP contribution is -1.93. The minimum Gasteiger partial charge on any atom is -0.437 e. The number of rotatable bonds is 3. The highest BCUT2D eigenvalue weighted by molar-refractivity contribution is 6.32. The van der Waals surface area contributed by atoms with Crippen LogP contribution in [0.25, 0.3) is 0 Å². The van der Waals surface area contributed by atoms with Crippen LogP contribution in [0.1, 0.15) is 10.4 Å². The number of hydrogen-bond donors (Lipinski definition) is 0. The van der Waals surface area contributed by atoms with Crippen LogP contribution in [0.2, 0.25) is 5.02 Å². The molecule has 0 amide bonds. The number of benzene rings is 1. The summed E-state index contributed by atoms with van der Waals surface area (Å²) in [6, 6.07) is 10.3. The van der Waals surface area contributed by atoms with Crippen LogP contribution in [0.4, 0.5) is 0 Å². The Bertz CT molecular complexity index is 514. The van der Waals surface area contributed by atoms with E-state index in [2.05, 4.69) is 4.98 Å². The maximum atomic E-state index is 10.7. The van der Waals surface area contributed by atoms with Gasteiger partial charge in [0, 0.05) is 6.20 Å². The fraction of sp³-hybridized carbons (Fsp3) is 0. The van der Waals surface area contributed by atoms with Crippen molar-refractivity contribution in [1.29, 1.82) is 0 Å². The first kappa shape index (κ1) is 10.6. The topological polar surface area (TPSA) is 39.2 Å². The molecule has 0 aliphatic heterocycles. The van der Waals surface area contributed by atoms with Gasteiger partial charge in [-0.1, -0.05) is 23.7 Å². The summed E-state index contributed by atoms with van der Waals surface area (Å²) in [5.41, 5.74) is 0.391. The predicted octanol–water partition coefficient (Wildman–Crippen LogP) is 3.34. The van der Waals surface area contributed by atoms with E-state index in [0.717, 1.165) is 0 Å². The van der Waals surface area contributed by atoms with E-state index in [1.165, 1.54) is 0 Å². The van der Waals surface area contributed by atoms with Gasteiger partial charge in [0.05, 0.1) is 10.6 Å². The Morgan fingerprint density at radius 1 is 1.19 bits per heavy atom. The quantitative estimate of drug-likeness (QED) is 0.764. The van der Waals surface area contributed by atoms with Gasteiger partial charge in [-0.25, -0.2) is 4.98 Å². The van der Waals surface area contributed by atoms with E-state index in [1.807, 2.05) is 0 Å². The van der Waals surface area contributed by atoms with Crippen molar-refractivity contribution < 1.29 is 9.53 Å². The number of carbonyl (C=O) groups excluding carboxylic acids is 1. The number of hydrogen-bond acceptors (Lipinski definition) is 3. The van der Waals surface area contributed by atoms with Crippen LogP contribution in [0.15, 0.2) is 42.6 Å². The molecule has 16 heavy (non-hydrogen) atoms. The molecule has 1 aromatic carbocycles. The van der Waals surface area contributed by atoms with E-state index in [0.29, 0.717) is 22.6 Å². The smallest absolute Gasteiger partial charge is 0.229 e. The molecule has 0 spiro atoms.